The summed E-state index contributed by atoms with van der Waals surface area (Å²) in [5, 5.41) is 9.47. The number of rotatable bonds is 3. The fourth-order valence-electron chi connectivity index (χ4n) is 2.96. The van der Waals surface area contributed by atoms with E-state index in [0.29, 0.717) is 24.7 Å². The minimum Gasteiger partial charge on any atom is -0.486 e. The zero-order valence-electron chi connectivity index (χ0n) is 13.4. The van der Waals surface area contributed by atoms with Gasteiger partial charge in [-0.25, -0.2) is 4.79 Å². The van der Waals surface area contributed by atoms with E-state index in [1.807, 2.05) is 48.5 Å². The lowest BCUT2D eigenvalue weighted by molar-refractivity contribution is 0.0686. The Bertz CT molecular complexity index is 915. The van der Waals surface area contributed by atoms with Crippen molar-refractivity contribution >= 4 is 5.97 Å². The molecule has 0 aliphatic carbocycles. The third kappa shape index (κ3) is 2.94. The molecule has 1 aliphatic heterocycles. The van der Waals surface area contributed by atoms with E-state index in [1.54, 1.807) is 6.07 Å². The molecule has 0 atom stereocenters. The van der Waals surface area contributed by atoms with E-state index in [9.17, 15) is 9.90 Å². The topological polar surface area (TPSA) is 55.8 Å². The number of carboxylic acids is 1. The van der Waals surface area contributed by atoms with Crippen molar-refractivity contribution in [3.63, 3.8) is 0 Å². The van der Waals surface area contributed by atoms with Crippen LogP contribution in [0.5, 0.6) is 11.5 Å². The van der Waals surface area contributed by atoms with Crippen LogP contribution in [0.15, 0.2) is 66.7 Å². The van der Waals surface area contributed by atoms with Crippen molar-refractivity contribution in [2.24, 2.45) is 0 Å². The summed E-state index contributed by atoms with van der Waals surface area (Å²) in [4.78, 5) is 11.6. The third-order valence-corrected chi connectivity index (χ3v) is 4.20. The first kappa shape index (κ1) is 15.3. The maximum absolute atomic E-state index is 11.6. The van der Waals surface area contributed by atoms with Crippen molar-refractivity contribution in [1.29, 1.82) is 0 Å². The summed E-state index contributed by atoms with van der Waals surface area (Å²) < 4.78 is 11.1. The zero-order valence-corrected chi connectivity index (χ0v) is 13.4. The largest absolute Gasteiger partial charge is 0.486 e. The number of hydrogen-bond acceptors (Lipinski definition) is 3. The number of aromatic carboxylic acids is 1. The van der Waals surface area contributed by atoms with Crippen LogP contribution < -0.4 is 9.47 Å². The molecule has 0 amide bonds. The van der Waals surface area contributed by atoms with Crippen LogP contribution in [0.4, 0.5) is 0 Å². The molecule has 1 heterocycles. The molecule has 0 spiro atoms. The quantitative estimate of drug-likeness (QED) is 0.768. The smallest absolute Gasteiger partial charge is 0.339 e. The number of hydrogen-bond donors (Lipinski definition) is 1. The van der Waals surface area contributed by atoms with Gasteiger partial charge in [-0.2, -0.15) is 0 Å². The molecule has 1 N–H and O–H groups in total. The van der Waals surface area contributed by atoms with Gasteiger partial charge in [-0.15, -0.1) is 0 Å². The fourth-order valence-corrected chi connectivity index (χ4v) is 2.96. The Hall–Kier alpha value is -3.27. The molecule has 0 saturated heterocycles. The van der Waals surface area contributed by atoms with Gasteiger partial charge < -0.3 is 14.6 Å². The molecule has 4 heteroatoms. The molecule has 0 fully saturated rings. The average Bonchev–Trinajstić information content (AvgIpc) is 2.68. The minimum absolute atomic E-state index is 0.124. The van der Waals surface area contributed by atoms with E-state index in [0.717, 1.165) is 22.3 Å². The van der Waals surface area contributed by atoms with Gasteiger partial charge in [0.15, 0.2) is 11.5 Å². The van der Waals surface area contributed by atoms with Crippen LogP contribution in [0.3, 0.4) is 0 Å². The van der Waals surface area contributed by atoms with Gasteiger partial charge in [0.2, 0.25) is 0 Å². The molecule has 124 valence electrons. The van der Waals surface area contributed by atoms with Gasteiger partial charge in [0.1, 0.15) is 18.8 Å². The molecule has 0 radical (unpaired) electrons. The monoisotopic (exact) mass is 332 g/mol. The van der Waals surface area contributed by atoms with E-state index < -0.39 is 5.97 Å². The normalized spacial score (nSPS) is 12.6. The Labute approximate surface area is 145 Å². The second kappa shape index (κ2) is 6.32. The molecule has 0 saturated carbocycles. The van der Waals surface area contributed by atoms with E-state index in [4.69, 9.17) is 9.47 Å². The number of carboxylic acid groups (broad SMARTS) is 1. The predicted molar refractivity (Wildman–Crippen MR) is 95.3 cm³/mol. The van der Waals surface area contributed by atoms with Crippen molar-refractivity contribution < 1.29 is 19.4 Å². The maximum Gasteiger partial charge on any atom is 0.339 e. The van der Waals surface area contributed by atoms with E-state index in [-0.39, 0.29) is 5.56 Å². The average molecular weight is 332 g/mol. The lowest BCUT2D eigenvalue weighted by Gasteiger charge is -2.21. The molecule has 0 unspecified atom stereocenters. The van der Waals surface area contributed by atoms with E-state index >= 15 is 0 Å². The predicted octanol–water partition coefficient (Wildman–Crippen LogP) is 4.49. The van der Waals surface area contributed by atoms with Crippen LogP contribution in [0, 0.1) is 0 Å². The molecule has 3 aromatic rings. The van der Waals surface area contributed by atoms with Crippen LogP contribution in [0.25, 0.3) is 22.3 Å². The van der Waals surface area contributed by atoms with Gasteiger partial charge in [-0.05, 0) is 34.4 Å². The summed E-state index contributed by atoms with van der Waals surface area (Å²) in [5.41, 5.74) is 4.10. The highest BCUT2D eigenvalue weighted by molar-refractivity contribution is 5.94. The Balaban J connectivity index is 1.74. The first-order valence-electron chi connectivity index (χ1n) is 8.05. The maximum atomic E-state index is 11.6. The molecule has 4 rings (SSSR count). The molecular formula is C21H16O4. The summed E-state index contributed by atoms with van der Waals surface area (Å²) in [6.45, 7) is 0.779. The number of carbonyl (C=O) groups is 1. The molecular weight excluding hydrogens is 316 g/mol. The number of benzene rings is 3. The highest BCUT2D eigenvalue weighted by Gasteiger charge is 2.22. The summed E-state index contributed by atoms with van der Waals surface area (Å²) in [6, 6.07) is 21.6. The van der Waals surface area contributed by atoms with Crippen molar-refractivity contribution in [3.8, 4) is 33.8 Å². The summed E-state index contributed by atoms with van der Waals surface area (Å²) in [6.07, 6.45) is 0. The zero-order chi connectivity index (χ0) is 17.2. The highest BCUT2D eigenvalue weighted by atomic mass is 16.6. The Morgan fingerprint density at radius 3 is 2.04 bits per heavy atom. The van der Waals surface area contributed by atoms with Crippen LogP contribution in [-0.2, 0) is 0 Å². The first-order valence-corrected chi connectivity index (χ1v) is 8.05. The second-order valence-corrected chi connectivity index (χ2v) is 5.80. The molecule has 1 aliphatic rings. The van der Waals surface area contributed by atoms with Gasteiger partial charge in [-0.1, -0.05) is 54.6 Å². The lowest BCUT2D eigenvalue weighted by Crippen LogP contribution is -2.18. The number of ether oxygens (including phenoxy) is 2. The summed E-state index contributed by atoms with van der Waals surface area (Å²) in [5.74, 6) is -0.235. The Morgan fingerprint density at radius 1 is 0.760 bits per heavy atom. The van der Waals surface area contributed by atoms with Crippen LogP contribution >= 0.6 is 0 Å². The second-order valence-electron chi connectivity index (χ2n) is 5.80. The van der Waals surface area contributed by atoms with Gasteiger partial charge in [0, 0.05) is 0 Å². The standard InChI is InChI=1S/C21H16O4/c22-21(23)18-12-17(13-19-20(18)25-11-10-24-19)16-8-6-15(7-9-16)14-4-2-1-3-5-14/h1-9,12-13H,10-11H2,(H,22,23). The molecule has 4 nitrogen and oxygen atoms in total. The van der Waals surface area contributed by atoms with Crippen molar-refractivity contribution in [2.75, 3.05) is 13.2 Å². The first-order chi connectivity index (χ1) is 12.2. The fraction of sp³-hybridized carbons (Fsp3) is 0.0952. The van der Waals surface area contributed by atoms with Crippen LogP contribution in [0.1, 0.15) is 10.4 Å². The highest BCUT2D eigenvalue weighted by Crippen LogP contribution is 2.38. The SMILES string of the molecule is O=C(O)c1cc(-c2ccc(-c3ccccc3)cc2)cc2c1OCCO2. The molecule has 3 aromatic carbocycles. The Kier molecular flexibility index (Phi) is 3.86. The van der Waals surface area contributed by atoms with Gasteiger partial charge in [-0.3, -0.25) is 0 Å². The minimum atomic E-state index is -1.02. The van der Waals surface area contributed by atoms with Gasteiger partial charge in [0.25, 0.3) is 0 Å². The lowest BCUT2D eigenvalue weighted by atomic mass is 9.98. The molecule has 0 bridgehead atoms. The Morgan fingerprint density at radius 2 is 1.36 bits per heavy atom. The summed E-state index contributed by atoms with van der Waals surface area (Å²) >= 11 is 0. The van der Waals surface area contributed by atoms with E-state index in [2.05, 4.69) is 12.1 Å². The van der Waals surface area contributed by atoms with Crippen molar-refractivity contribution in [3.05, 3.63) is 72.3 Å². The van der Waals surface area contributed by atoms with Crippen LogP contribution in [-0.4, -0.2) is 24.3 Å². The van der Waals surface area contributed by atoms with Crippen molar-refractivity contribution in [2.45, 2.75) is 0 Å². The van der Waals surface area contributed by atoms with Crippen molar-refractivity contribution in [1.82, 2.24) is 0 Å². The van der Waals surface area contributed by atoms with E-state index in [1.165, 1.54) is 0 Å². The van der Waals surface area contributed by atoms with Gasteiger partial charge >= 0.3 is 5.97 Å². The summed E-state index contributed by atoms with van der Waals surface area (Å²) in [7, 11) is 0. The molecule has 25 heavy (non-hydrogen) atoms. The molecule has 0 aromatic heterocycles. The van der Waals surface area contributed by atoms with Gasteiger partial charge in [0.05, 0.1) is 0 Å². The van der Waals surface area contributed by atoms with Crippen LogP contribution in [0.2, 0.25) is 0 Å². The number of fused-ring (bicyclic) bond motifs is 1. The third-order valence-electron chi connectivity index (χ3n) is 4.20.